The summed E-state index contributed by atoms with van der Waals surface area (Å²) in [6.07, 6.45) is 0. The fourth-order valence-electron chi connectivity index (χ4n) is 1.61. The van der Waals surface area contributed by atoms with E-state index in [1.165, 1.54) is 11.8 Å². The quantitative estimate of drug-likeness (QED) is 0.448. The van der Waals surface area contributed by atoms with Crippen molar-refractivity contribution in [1.82, 2.24) is 0 Å². The lowest BCUT2D eigenvalue weighted by atomic mass is 10.3. The number of rotatable bonds is 5. The van der Waals surface area contributed by atoms with Gasteiger partial charge < -0.3 is 5.73 Å². The lowest BCUT2D eigenvalue weighted by Gasteiger charge is -2.07. The Labute approximate surface area is 134 Å². The van der Waals surface area contributed by atoms with Crippen molar-refractivity contribution in [3.05, 3.63) is 60.7 Å². The maximum Gasteiger partial charge on any atom is 0.178 e. The van der Waals surface area contributed by atoms with Gasteiger partial charge in [-0.3, -0.25) is 10.9 Å². The number of hydrogen-bond acceptors (Lipinski definition) is 5. The van der Waals surface area contributed by atoms with Crippen LogP contribution in [0.5, 0.6) is 0 Å². The van der Waals surface area contributed by atoms with E-state index in [9.17, 15) is 0 Å². The molecule has 2 aromatic carbocycles. The third-order valence-corrected chi connectivity index (χ3v) is 3.50. The molecule has 0 aliphatic rings. The maximum atomic E-state index is 6.01. The van der Waals surface area contributed by atoms with Crippen LogP contribution in [-0.2, 0) is 0 Å². The molecular weight excluding hydrogens is 294 g/mol. The smallest absolute Gasteiger partial charge is 0.178 e. The Kier molecular flexibility index (Phi) is 6.32. The molecule has 6 heteroatoms. The summed E-state index contributed by atoms with van der Waals surface area (Å²) < 4.78 is 0. The van der Waals surface area contributed by atoms with Gasteiger partial charge in [0.05, 0.1) is 11.4 Å². The van der Waals surface area contributed by atoms with Gasteiger partial charge in [-0.25, -0.2) is 0 Å². The first kappa shape index (κ1) is 15.9. The molecular formula is C16H19N5S. The van der Waals surface area contributed by atoms with Crippen molar-refractivity contribution >= 4 is 34.0 Å². The van der Waals surface area contributed by atoms with E-state index in [2.05, 4.69) is 21.1 Å². The molecule has 114 valence electrons. The van der Waals surface area contributed by atoms with Crippen LogP contribution in [0.1, 0.15) is 6.92 Å². The predicted molar refractivity (Wildman–Crippen MR) is 97.3 cm³/mol. The minimum absolute atomic E-state index is 0.346. The lowest BCUT2D eigenvalue weighted by molar-refractivity contribution is 1.31. The van der Waals surface area contributed by atoms with E-state index < -0.39 is 0 Å². The number of thioether (sulfide) groups is 1. The Balaban J connectivity index is 2.05. The van der Waals surface area contributed by atoms with Gasteiger partial charge in [0.15, 0.2) is 10.9 Å². The van der Waals surface area contributed by atoms with Gasteiger partial charge in [0.1, 0.15) is 0 Å². The Morgan fingerprint density at radius 2 is 1.41 bits per heavy atom. The Hall–Kier alpha value is -2.47. The Bertz CT molecular complexity index is 625. The summed E-state index contributed by atoms with van der Waals surface area (Å²) in [7, 11) is 0. The number of anilines is 2. The zero-order valence-electron chi connectivity index (χ0n) is 12.4. The van der Waals surface area contributed by atoms with Crippen molar-refractivity contribution in [1.29, 1.82) is 0 Å². The minimum atomic E-state index is 0.346. The van der Waals surface area contributed by atoms with Gasteiger partial charge in [0.2, 0.25) is 0 Å². The van der Waals surface area contributed by atoms with Crippen molar-refractivity contribution < 1.29 is 0 Å². The van der Waals surface area contributed by atoms with E-state index in [4.69, 9.17) is 5.73 Å². The van der Waals surface area contributed by atoms with E-state index in [0.29, 0.717) is 10.9 Å². The fraction of sp³-hybridized carbons (Fsp3) is 0.125. The van der Waals surface area contributed by atoms with Gasteiger partial charge in [0, 0.05) is 0 Å². The van der Waals surface area contributed by atoms with E-state index >= 15 is 0 Å². The summed E-state index contributed by atoms with van der Waals surface area (Å²) in [4.78, 5) is 0. The largest absolute Gasteiger partial charge is 0.380 e. The first-order valence-electron chi connectivity index (χ1n) is 6.95. The highest BCUT2D eigenvalue weighted by atomic mass is 32.2. The highest BCUT2D eigenvalue weighted by molar-refractivity contribution is 8.15. The molecule has 0 spiro atoms. The fourth-order valence-corrected chi connectivity index (χ4v) is 2.19. The van der Waals surface area contributed by atoms with Crippen molar-refractivity contribution in [2.24, 2.45) is 15.9 Å². The van der Waals surface area contributed by atoms with Gasteiger partial charge in [0.25, 0.3) is 0 Å². The monoisotopic (exact) mass is 313 g/mol. The number of nitrogens with one attached hydrogen (secondary N) is 2. The average molecular weight is 313 g/mol. The molecule has 2 rings (SSSR count). The highest BCUT2D eigenvalue weighted by Crippen LogP contribution is 2.09. The molecule has 0 atom stereocenters. The van der Waals surface area contributed by atoms with E-state index in [0.717, 1.165) is 17.1 Å². The molecule has 0 aliphatic heterocycles. The molecule has 0 saturated heterocycles. The Morgan fingerprint density at radius 3 is 1.91 bits per heavy atom. The van der Waals surface area contributed by atoms with Crippen LogP contribution in [0.2, 0.25) is 0 Å². The number of amidine groups is 1. The number of benzene rings is 2. The van der Waals surface area contributed by atoms with Crippen LogP contribution < -0.4 is 16.6 Å². The van der Waals surface area contributed by atoms with Gasteiger partial charge in [-0.1, -0.05) is 43.3 Å². The van der Waals surface area contributed by atoms with E-state index in [-0.39, 0.29) is 0 Å². The van der Waals surface area contributed by atoms with Crippen LogP contribution in [-0.4, -0.2) is 16.6 Å². The second kappa shape index (κ2) is 8.74. The number of hydrazone groups is 2. The molecule has 0 amide bonds. The zero-order valence-corrected chi connectivity index (χ0v) is 13.2. The second-order valence-electron chi connectivity index (χ2n) is 4.30. The van der Waals surface area contributed by atoms with Crippen molar-refractivity contribution in [2.45, 2.75) is 6.92 Å². The molecule has 0 saturated carbocycles. The third-order valence-electron chi connectivity index (χ3n) is 2.64. The van der Waals surface area contributed by atoms with Gasteiger partial charge in [-0.15, -0.1) is 11.8 Å². The van der Waals surface area contributed by atoms with Crippen LogP contribution in [0.4, 0.5) is 11.4 Å². The number of nitrogens with zero attached hydrogens (tertiary/aromatic N) is 2. The van der Waals surface area contributed by atoms with Crippen LogP contribution in [0.15, 0.2) is 70.9 Å². The third kappa shape index (κ3) is 5.14. The van der Waals surface area contributed by atoms with Crippen molar-refractivity contribution in [3.8, 4) is 0 Å². The number of para-hydroxylation sites is 2. The summed E-state index contributed by atoms with van der Waals surface area (Å²) in [6.45, 7) is 2.04. The standard InChI is InChI=1S/C16H19N5S/c1-2-22-16(21-19-14-11-7-4-8-12-14)15(17)20-18-13-9-5-3-6-10-13/h3-12,18-19H,2H2,1H3,(H2,17,20)/b21-16-. The molecule has 5 nitrogen and oxygen atoms in total. The molecule has 22 heavy (non-hydrogen) atoms. The van der Waals surface area contributed by atoms with Crippen LogP contribution in [0.3, 0.4) is 0 Å². The van der Waals surface area contributed by atoms with Gasteiger partial charge in [-0.2, -0.15) is 10.2 Å². The zero-order chi connectivity index (χ0) is 15.6. The summed E-state index contributed by atoms with van der Waals surface area (Å²) >= 11 is 1.53. The normalized spacial score (nSPS) is 12.0. The van der Waals surface area contributed by atoms with Crippen molar-refractivity contribution in [3.63, 3.8) is 0 Å². The van der Waals surface area contributed by atoms with E-state index in [1.807, 2.05) is 67.6 Å². The SMILES string of the molecule is CCSC(=N\Nc1ccccc1)/C(N)=N/Nc1ccccc1. The highest BCUT2D eigenvalue weighted by Gasteiger charge is 2.05. The number of nitrogens with two attached hydrogens (primary N) is 1. The maximum absolute atomic E-state index is 6.01. The average Bonchev–Trinajstić information content (AvgIpc) is 2.58. The molecule has 0 radical (unpaired) electrons. The molecule has 0 aliphatic carbocycles. The van der Waals surface area contributed by atoms with Crippen LogP contribution >= 0.6 is 11.8 Å². The summed E-state index contributed by atoms with van der Waals surface area (Å²) in [5, 5.41) is 9.16. The van der Waals surface area contributed by atoms with Gasteiger partial charge in [-0.05, 0) is 30.0 Å². The predicted octanol–water partition coefficient (Wildman–Crippen LogP) is 3.55. The number of hydrogen-bond donors (Lipinski definition) is 3. The van der Waals surface area contributed by atoms with Crippen molar-refractivity contribution in [2.75, 3.05) is 16.6 Å². The molecule has 2 aromatic rings. The summed E-state index contributed by atoms with van der Waals surface area (Å²) in [5.41, 5.74) is 13.7. The first-order valence-corrected chi connectivity index (χ1v) is 7.94. The molecule has 0 fully saturated rings. The van der Waals surface area contributed by atoms with Crippen LogP contribution in [0.25, 0.3) is 0 Å². The molecule has 0 unspecified atom stereocenters. The topological polar surface area (TPSA) is 74.8 Å². The minimum Gasteiger partial charge on any atom is -0.380 e. The summed E-state index contributed by atoms with van der Waals surface area (Å²) in [5.74, 6) is 1.20. The molecule has 0 aromatic heterocycles. The lowest BCUT2D eigenvalue weighted by Crippen LogP contribution is -2.24. The van der Waals surface area contributed by atoms with E-state index in [1.54, 1.807) is 0 Å². The van der Waals surface area contributed by atoms with Gasteiger partial charge >= 0.3 is 0 Å². The summed E-state index contributed by atoms with van der Waals surface area (Å²) in [6, 6.07) is 19.4. The Morgan fingerprint density at radius 1 is 0.909 bits per heavy atom. The first-order chi connectivity index (χ1) is 10.8. The molecule has 0 heterocycles. The molecule has 0 bridgehead atoms. The molecule has 4 N–H and O–H groups in total. The second-order valence-corrected chi connectivity index (χ2v) is 5.56. The van der Waals surface area contributed by atoms with Crippen LogP contribution in [0, 0.1) is 0 Å².